The van der Waals surface area contributed by atoms with Crippen LogP contribution >= 0.6 is 11.3 Å². The average Bonchev–Trinajstić information content (AvgIpc) is 3.22. The molecule has 5 rings (SSSR count). The van der Waals surface area contributed by atoms with Crippen molar-refractivity contribution in [2.45, 2.75) is 25.4 Å². The summed E-state index contributed by atoms with van der Waals surface area (Å²) >= 11 is 1.42. The number of pyridine rings is 1. The summed E-state index contributed by atoms with van der Waals surface area (Å²) in [4.78, 5) is 24.3. The van der Waals surface area contributed by atoms with Crippen LogP contribution in [0.5, 0.6) is 5.88 Å². The largest absolute Gasteiger partial charge is 0.466 e. The molecule has 1 unspecified atom stereocenters. The topological polar surface area (TPSA) is 55.3 Å². The third-order valence-electron chi connectivity index (χ3n) is 5.67. The Morgan fingerprint density at radius 3 is 2.64 bits per heavy atom. The fourth-order valence-electron chi connectivity index (χ4n) is 3.94. The molecule has 1 atom stereocenters. The highest BCUT2D eigenvalue weighted by Crippen LogP contribution is 2.35. The molecule has 0 N–H and O–H groups in total. The van der Waals surface area contributed by atoms with Crippen molar-refractivity contribution in [2.24, 2.45) is 0 Å². The lowest BCUT2D eigenvalue weighted by Crippen LogP contribution is -2.55. The number of hydrogen-bond acceptors (Lipinski definition) is 5. The van der Waals surface area contributed by atoms with Crippen molar-refractivity contribution in [1.82, 2.24) is 14.9 Å². The summed E-state index contributed by atoms with van der Waals surface area (Å²) < 4.78 is 35.1. The first-order valence-corrected chi connectivity index (χ1v) is 11.4. The first-order valence-electron chi connectivity index (χ1n) is 10.6. The van der Waals surface area contributed by atoms with Crippen molar-refractivity contribution in [3.05, 3.63) is 77.4 Å². The minimum atomic E-state index is -3.08. The molecule has 2 aromatic carbocycles. The van der Waals surface area contributed by atoms with Gasteiger partial charge in [-0.25, -0.2) is 18.7 Å². The van der Waals surface area contributed by atoms with Gasteiger partial charge in [-0.15, -0.1) is 11.3 Å². The molecular formula is C25H21F2N3O2S. The van der Waals surface area contributed by atoms with Gasteiger partial charge < -0.3 is 9.64 Å². The van der Waals surface area contributed by atoms with E-state index in [4.69, 9.17) is 4.74 Å². The van der Waals surface area contributed by atoms with Gasteiger partial charge >= 0.3 is 0 Å². The zero-order valence-electron chi connectivity index (χ0n) is 17.9. The van der Waals surface area contributed by atoms with Gasteiger partial charge in [0, 0.05) is 24.4 Å². The number of carbonyl (C=O) groups excluding carboxylic acids is 1. The van der Waals surface area contributed by atoms with E-state index >= 15 is 0 Å². The van der Waals surface area contributed by atoms with Crippen LogP contribution in [0.1, 0.15) is 21.9 Å². The molecule has 1 amide bonds. The molecule has 1 aliphatic heterocycles. The van der Waals surface area contributed by atoms with E-state index in [-0.39, 0.29) is 30.6 Å². The number of alkyl halides is 2. The van der Waals surface area contributed by atoms with Crippen molar-refractivity contribution in [2.75, 3.05) is 13.1 Å². The number of aromatic nitrogens is 2. The van der Waals surface area contributed by atoms with E-state index in [0.717, 1.165) is 20.8 Å². The molecule has 4 aromatic rings. The Kier molecular flexibility index (Phi) is 5.54. The number of aryl methyl sites for hydroxylation is 1. The summed E-state index contributed by atoms with van der Waals surface area (Å²) in [6, 6.07) is 20.3. The third kappa shape index (κ3) is 4.30. The smallest absolute Gasteiger partial charge is 0.287 e. The summed E-state index contributed by atoms with van der Waals surface area (Å²) in [7, 11) is 0. The van der Waals surface area contributed by atoms with Gasteiger partial charge in [0.05, 0.1) is 21.9 Å². The van der Waals surface area contributed by atoms with E-state index in [1.165, 1.54) is 16.2 Å². The molecule has 1 saturated heterocycles. The van der Waals surface area contributed by atoms with Crippen molar-refractivity contribution in [3.8, 4) is 16.3 Å². The van der Waals surface area contributed by atoms with Gasteiger partial charge in [-0.2, -0.15) is 0 Å². The number of halogens is 2. The second kappa shape index (κ2) is 8.51. The Labute approximate surface area is 193 Å². The van der Waals surface area contributed by atoms with E-state index in [9.17, 15) is 13.6 Å². The molecule has 3 heterocycles. The zero-order chi connectivity index (χ0) is 23.0. The van der Waals surface area contributed by atoms with Gasteiger partial charge in [0.25, 0.3) is 11.8 Å². The minimum absolute atomic E-state index is 0.0678. The normalized spacial score (nSPS) is 17.8. The third-order valence-corrected chi connectivity index (χ3v) is 6.69. The molecule has 8 heteroatoms. The lowest BCUT2D eigenvalue weighted by molar-refractivity contribution is -0.131. The number of nitrogens with zero attached hydrogens (tertiary/aromatic N) is 3. The Hall–Kier alpha value is -3.39. The Bertz CT molecular complexity index is 1310. The molecule has 0 spiro atoms. The molecule has 0 aliphatic carbocycles. The first kappa shape index (κ1) is 21.5. The molecular weight excluding hydrogens is 444 g/mol. The average molecular weight is 466 g/mol. The molecule has 168 valence electrons. The number of ether oxygens (including phenoxy) is 1. The molecule has 2 aromatic heterocycles. The van der Waals surface area contributed by atoms with Gasteiger partial charge in [0.1, 0.15) is 5.69 Å². The highest BCUT2D eigenvalue weighted by Gasteiger charge is 2.47. The van der Waals surface area contributed by atoms with Crippen LogP contribution in [-0.2, 0) is 0 Å². The van der Waals surface area contributed by atoms with Crippen LogP contribution in [0.15, 0.2) is 66.7 Å². The van der Waals surface area contributed by atoms with Crippen LogP contribution < -0.4 is 4.74 Å². The Morgan fingerprint density at radius 1 is 1.06 bits per heavy atom. The van der Waals surface area contributed by atoms with Gasteiger partial charge in [-0.05, 0) is 24.6 Å². The van der Waals surface area contributed by atoms with Crippen LogP contribution in [0.4, 0.5) is 8.78 Å². The van der Waals surface area contributed by atoms with E-state index < -0.39 is 18.4 Å². The Balaban J connectivity index is 1.40. The maximum absolute atomic E-state index is 14.8. The van der Waals surface area contributed by atoms with Crippen molar-refractivity contribution in [3.63, 3.8) is 0 Å². The van der Waals surface area contributed by atoms with E-state index in [0.29, 0.717) is 5.52 Å². The number of amides is 1. The fraction of sp³-hybridized carbons (Fsp3) is 0.240. The maximum atomic E-state index is 14.8. The zero-order valence-corrected chi connectivity index (χ0v) is 18.7. The molecule has 1 aliphatic rings. The van der Waals surface area contributed by atoms with Gasteiger partial charge in [0.2, 0.25) is 5.88 Å². The lowest BCUT2D eigenvalue weighted by Gasteiger charge is -2.37. The fourth-order valence-corrected chi connectivity index (χ4v) is 4.86. The summed E-state index contributed by atoms with van der Waals surface area (Å²) in [5.41, 5.74) is 1.82. The first-order chi connectivity index (χ1) is 15.9. The predicted octanol–water partition coefficient (Wildman–Crippen LogP) is 5.60. The standard InChI is InChI=1S/C25H21F2N3O2S/c1-16-28-22(23(33-16)18-8-3-2-4-9-18)24(31)30-14-13-25(26,27)20(15-30)32-21-12-11-17-7-5-6-10-19(17)29-21/h2-12,20H,13-15H2,1H3. The number of likely N-dealkylation sites (tertiary alicyclic amines) is 1. The monoisotopic (exact) mass is 465 g/mol. The highest BCUT2D eigenvalue weighted by molar-refractivity contribution is 7.15. The van der Waals surface area contributed by atoms with E-state index in [1.54, 1.807) is 18.2 Å². The molecule has 33 heavy (non-hydrogen) atoms. The van der Waals surface area contributed by atoms with E-state index in [1.807, 2.05) is 55.5 Å². The van der Waals surface area contributed by atoms with Crippen molar-refractivity contribution < 1.29 is 18.3 Å². The van der Waals surface area contributed by atoms with Gasteiger partial charge in [-0.1, -0.05) is 48.5 Å². The number of carbonyl (C=O) groups is 1. The number of para-hydroxylation sites is 1. The summed E-state index contributed by atoms with van der Waals surface area (Å²) in [5.74, 6) is -3.33. The molecule has 0 bridgehead atoms. The number of thiazole rings is 1. The predicted molar refractivity (Wildman–Crippen MR) is 124 cm³/mol. The highest BCUT2D eigenvalue weighted by atomic mass is 32.1. The number of rotatable bonds is 4. The Morgan fingerprint density at radius 2 is 1.82 bits per heavy atom. The number of benzene rings is 2. The van der Waals surface area contributed by atoms with Crippen LogP contribution in [0.2, 0.25) is 0 Å². The maximum Gasteiger partial charge on any atom is 0.287 e. The molecule has 1 fully saturated rings. The molecule has 5 nitrogen and oxygen atoms in total. The minimum Gasteiger partial charge on any atom is -0.466 e. The quantitative estimate of drug-likeness (QED) is 0.394. The molecule has 0 radical (unpaired) electrons. The van der Waals surface area contributed by atoms with Gasteiger partial charge in [0.15, 0.2) is 6.10 Å². The molecule has 0 saturated carbocycles. The van der Waals surface area contributed by atoms with Gasteiger partial charge in [-0.3, -0.25) is 4.79 Å². The SMILES string of the molecule is Cc1nc(C(=O)N2CCC(F)(F)C(Oc3ccc4ccccc4n3)C2)c(-c2ccccc2)s1. The second-order valence-corrected chi connectivity index (χ2v) is 9.19. The number of fused-ring (bicyclic) bond motifs is 1. The lowest BCUT2D eigenvalue weighted by atomic mass is 10.0. The summed E-state index contributed by atoms with van der Waals surface area (Å²) in [6.45, 7) is 1.52. The summed E-state index contributed by atoms with van der Waals surface area (Å²) in [6.07, 6.45) is -1.98. The van der Waals surface area contributed by atoms with Crippen molar-refractivity contribution >= 4 is 28.1 Å². The van der Waals surface area contributed by atoms with Crippen LogP contribution in [0.3, 0.4) is 0 Å². The van der Waals surface area contributed by atoms with E-state index in [2.05, 4.69) is 9.97 Å². The summed E-state index contributed by atoms with van der Waals surface area (Å²) in [5, 5.41) is 1.64. The number of hydrogen-bond donors (Lipinski definition) is 0. The van der Waals surface area contributed by atoms with Crippen LogP contribution in [0, 0.1) is 6.92 Å². The van der Waals surface area contributed by atoms with Crippen LogP contribution in [0.25, 0.3) is 21.3 Å². The second-order valence-electron chi connectivity index (χ2n) is 7.99. The van der Waals surface area contributed by atoms with Crippen LogP contribution in [-0.4, -0.2) is 45.9 Å². The number of piperidine rings is 1. The van der Waals surface area contributed by atoms with Crippen molar-refractivity contribution in [1.29, 1.82) is 0 Å².